The van der Waals surface area contributed by atoms with Crippen molar-refractivity contribution in [2.45, 2.75) is 32.3 Å². The summed E-state index contributed by atoms with van der Waals surface area (Å²) in [5.74, 6) is 0. The summed E-state index contributed by atoms with van der Waals surface area (Å²) in [5, 5.41) is 0. The van der Waals surface area contributed by atoms with Gasteiger partial charge in [-0.1, -0.05) is 37.6 Å². The SMILES string of the molecule is CCCc1ccccc1C(C)(COC)OC. The molecule has 0 N–H and O–H groups in total. The van der Waals surface area contributed by atoms with Crippen LogP contribution in [0.1, 0.15) is 31.4 Å². The Morgan fingerprint density at radius 3 is 2.44 bits per heavy atom. The molecule has 0 saturated carbocycles. The molecule has 1 unspecified atom stereocenters. The second-order valence-corrected chi connectivity index (χ2v) is 4.28. The van der Waals surface area contributed by atoms with Crippen molar-refractivity contribution in [3.8, 4) is 0 Å². The standard InChI is InChI=1S/C14H22O2/c1-5-8-12-9-6-7-10-13(12)14(2,16-4)11-15-3/h6-7,9-10H,5,8,11H2,1-4H3. The summed E-state index contributed by atoms with van der Waals surface area (Å²) in [6.45, 7) is 4.84. The van der Waals surface area contributed by atoms with Crippen molar-refractivity contribution in [1.82, 2.24) is 0 Å². The first kappa shape index (κ1) is 13.2. The molecule has 1 rings (SSSR count). The molecule has 90 valence electrons. The van der Waals surface area contributed by atoms with Gasteiger partial charge >= 0.3 is 0 Å². The molecular formula is C14H22O2. The molecule has 2 nitrogen and oxygen atoms in total. The predicted octanol–water partition coefficient (Wildman–Crippen LogP) is 3.15. The lowest BCUT2D eigenvalue weighted by molar-refractivity contribution is -0.0560. The van der Waals surface area contributed by atoms with Gasteiger partial charge in [0.15, 0.2) is 0 Å². The van der Waals surface area contributed by atoms with Crippen LogP contribution in [-0.2, 0) is 21.5 Å². The average molecular weight is 222 g/mol. The fourth-order valence-corrected chi connectivity index (χ4v) is 2.05. The molecule has 1 atom stereocenters. The molecule has 16 heavy (non-hydrogen) atoms. The third-order valence-electron chi connectivity index (χ3n) is 2.98. The van der Waals surface area contributed by atoms with E-state index in [0.29, 0.717) is 6.61 Å². The maximum absolute atomic E-state index is 5.63. The molecule has 0 heterocycles. The Labute approximate surface area is 98.6 Å². The van der Waals surface area contributed by atoms with Crippen LogP contribution in [-0.4, -0.2) is 20.8 Å². The van der Waals surface area contributed by atoms with Crippen LogP contribution in [0.4, 0.5) is 0 Å². The highest BCUT2D eigenvalue weighted by Gasteiger charge is 2.28. The van der Waals surface area contributed by atoms with Gasteiger partial charge in [0, 0.05) is 14.2 Å². The smallest absolute Gasteiger partial charge is 0.113 e. The van der Waals surface area contributed by atoms with E-state index in [1.54, 1.807) is 14.2 Å². The first-order valence-corrected chi connectivity index (χ1v) is 5.80. The summed E-state index contributed by atoms with van der Waals surface area (Å²) >= 11 is 0. The Morgan fingerprint density at radius 1 is 1.19 bits per heavy atom. The van der Waals surface area contributed by atoms with Gasteiger partial charge in [0.05, 0.1) is 6.61 Å². The number of ether oxygens (including phenoxy) is 2. The quantitative estimate of drug-likeness (QED) is 0.736. The highest BCUT2D eigenvalue weighted by atomic mass is 16.5. The second kappa shape index (κ2) is 6.02. The Hall–Kier alpha value is -0.860. The molecule has 0 aliphatic rings. The van der Waals surface area contributed by atoms with Crippen molar-refractivity contribution in [1.29, 1.82) is 0 Å². The summed E-state index contributed by atoms with van der Waals surface area (Å²) in [4.78, 5) is 0. The molecular weight excluding hydrogens is 200 g/mol. The van der Waals surface area contributed by atoms with E-state index in [-0.39, 0.29) is 5.60 Å². The largest absolute Gasteiger partial charge is 0.381 e. The van der Waals surface area contributed by atoms with Crippen molar-refractivity contribution in [3.05, 3.63) is 35.4 Å². The Balaban J connectivity index is 3.08. The zero-order valence-electron chi connectivity index (χ0n) is 10.7. The zero-order chi connectivity index (χ0) is 12.0. The highest BCUT2D eigenvalue weighted by Crippen LogP contribution is 2.28. The van der Waals surface area contributed by atoms with Crippen LogP contribution < -0.4 is 0 Å². The number of aryl methyl sites for hydroxylation is 1. The maximum Gasteiger partial charge on any atom is 0.113 e. The minimum absolute atomic E-state index is 0.347. The average Bonchev–Trinajstić information content (AvgIpc) is 2.30. The van der Waals surface area contributed by atoms with Gasteiger partial charge in [-0.2, -0.15) is 0 Å². The van der Waals surface area contributed by atoms with Crippen LogP contribution in [0.25, 0.3) is 0 Å². The molecule has 0 aromatic heterocycles. The van der Waals surface area contributed by atoms with E-state index in [9.17, 15) is 0 Å². The van der Waals surface area contributed by atoms with Crippen molar-refractivity contribution in [2.75, 3.05) is 20.8 Å². The van der Waals surface area contributed by atoms with Gasteiger partial charge in [-0.05, 0) is 24.5 Å². The Kier molecular flexibility index (Phi) is 4.97. The van der Waals surface area contributed by atoms with E-state index in [1.165, 1.54) is 11.1 Å². The minimum atomic E-state index is -0.347. The summed E-state index contributed by atoms with van der Waals surface area (Å²) in [7, 11) is 3.45. The van der Waals surface area contributed by atoms with E-state index in [4.69, 9.17) is 9.47 Å². The molecule has 1 aromatic carbocycles. The van der Waals surface area contributed by atoms with Gasteiger partial charge in [0.2, 0.25) is 0 Å². The summed E-state index contributed by atoms with van der Waals surface area (Å²) in [5.41, 5.74) is 2.24. The summed E-state index contributed by atoms with van der Waals surface area (Å²) < 4.78 is 10.9. The lowest BCUT2D eigenvalue weighted by Crippen LogP contribution is -2.31. The van der Waals surface area contributed by atoms with Crippen LogP contribution in [0.15, 0.2) is 24.3 Å². The normalized spacial score (nSPS) is 14.8. The molecule has 1 aromatic rings. The molecule has 0 saturated heterocycles. The third-order valence-corrected chi connectivity index (χ3v) is 2.98. The van der Waals surface area contributed by atoms with Crippen molar-refractivity contribution in [3.63, 3.8) is 0 Å². The van der Waals surface area contributed by atoms with E-state index < -0.39 is 0 Å². The molecule has 0 fully saturated rings. The number of benzene rings is 1. The fourth-order valence-electron chi connectivity index (χ4n) is 2.05. The number of hydrogen-bond donors (Lipinski definition) is 0. The van der Waals surface area contributed by atoms with Gasteiger partial charge in [-0.15, -0.1) is 0 Å². The summed E-state index contributed by atoms with van der Waals surface area (Å²) in [6.07, 6.45) is 2.22. The lowest BCUT2D eigenvalue weighted by Gasteiger charge is -2.30. The van der Waals surface area contributed by atoms with Gasteiger partial charge in [-0.3, -0.25) is 0 Å². The van der Waals surface area contributed by atoms with Gasteiger partial charge in [0.25, 0.3) is 0 Å². The van der Waals surface area contributed by atoms with Crippen LogP contribution in [0.5, 0.6) is 0 Å². The Bertz CT molecular complexity index is 322. The lowest BCUT2D eigenvalue weighted by atomic mass is 9.90. The van der Waals surface area contributed by atoms with Crippen LogP contribution in [0.2, 0.25) is 0 Å². The van der Waals surface area contributed by atoms with Crippen LogP contribution in [0.3, 0.4) is 0 Å². The first-order valence-electron chi connectivity index (χ1n) is 5.80. The van der Waals surface area contributed by atoms with Crippen molar-refractivity contribution < 1.29 is 9.47 Å². The van der Waals surface area contributed by atoms with Crippen LogP contribution >= 0.6 is 0 Å². The van der Waals surface area contributed by atoms with Gasteiger partial charge < -0.3 is 9.47 Å². The molecule has 0 spiro atoms. The molecule has 2 heteroatoms. The number of hydrogen-bond acceptors (Lipinski definition) is 2. The molecule has 0 amide bonds. The van der Waals surface area contributed by atoms with E-state index in [2.05, 4.69) is 38.1 Å². The molecule has 0 aliphatic heterocycles. The monoisotopic (exact) mass is 222 g/mol. The highest BCUT2D eigenvalue weighted by molar-refractivity contribution is 5.32. The predicted molar refractivity (Wildman–Crippen MR) is 66.7 cm³/mol. The first-order chi connectivity index (χ1) is 7.68. The van der Waals surface area contributed by atoms with E-state index in [1.807, 2.05) is 0 Å². The van der Waals surface area contributed by atoms with Gasteiger partial charge in [-0.25, -0.2) is 0 Å². The molecule has 0 bridgehead atoms. The van der Waals surface area contributed by atoms with E-state index in [0.717, 1.165) is 12.8 Å². The van der Waals surface area contributed by atoms with E-state index >= 15 is 0 Å². The fraction of sp³-hybridized carbons (Fsp3) is 0.571. The van der Waals surface area contributed by atoms with Crippen molar-refractivity contribution >= 4 is 0 Å². The second-order valence-electron chi connectivity index (χ2n) is 4.28. The Morgan fingerprint density at radius 2 is 1.88 bits per heavy atom. The maximum atomic E-state index is 5.63. The summed E-state index contributed by atoms with van der Waals surface area (Å²) in [6, 6.07) is 8.44. The zero-order valence-corrected chi connectivity index (χ0v) is 10.7. The van der Waals surface area contributed by atoms with Crippen molar-refractivity contribution in [2.24, 2.45) is 0 Å². The third kappa shape index (κ3) is 2.83. The topological polar surface area (TPSA) is 18.5 Å². The minimum Gasteiger partial charge on any atom is -0.381 e. The molecule has 0 aliphatic carbocycles. The molecule has 0 radical (unpaired) electrons. The number of methoxy groups -OCH3 is 2. The van der Waals surface area contributed by atoms with Crippen LogP contribution in [0, 0.1) is 0 Å². The van der Waals surface area contributed by atoms with Gasteiger partial charge in [0.1, 0.15) is 5.60 Å². The number of rotatable bonds is 6.